The van der Waals surface area contributed by atoms with Crippen LogP contribution in [0.25, 0.3) is 28.1 Å². The monoisotopic (exact) mass is 501 g/mol. The molecular formula is C27H33FNO5P. The van der Waals surface area contributed by atoms with Crippen molar-refractivity contribution in [2.75, 3.05) is 13.3 Å². The van der Waals surface area contributed by atoms with E-state index in [0.717, 1.165) is 27.7 Å². The Morgan fingerprint density at radius 3 is 2.46 bits per heavy atom. The Balaban J connectivity index is 2.21. The first-order valence-corrected chi connectivity index (χ1v) is 14.4. The molecule has 6 nitrogen and oxygen atoms in total. The van der Waals surface area contributed by atoms with Gasteiger partial charge in [0.1, 0.15) is 5.82 Å². The normalized spacial score (nSPS) is 14.2. The van der Waals surface area contributed by atoms with Crippen LogP contribution in [-0.2, 0) is 15.5 Å². The van der Waals surface area contributed by atoms with E-state index in [2.05, 4.69) is 4.57 Å². The quantitative estimate of drug-likeness (QED) is 0.307. The fourth-order valence-electron chi connectivity index (χ4n) is 4.48. The van der Waals surface area contributed by atoms with E-state index in [9.17, 15) is 24.0 Å². The van der Waals surface area contributed by atoms with Crippen LogP contribution in [0, 0.1) is 5.82 Å². The summed E-state index contributed by atoms with van der Waals surface area (Å²) in [7, 11) is -2.51. The lowest BCUT2D eigenvalue weighted by molar-refractivity contribution is -0.139. The number of carboxylic acids is 1. The molecule has 35 heavy (non-hydrogen) atoms. The molecule has 1 heterocycles. The van der Waals surface area contributed by atoms with E-state index in [1.54, 1.807) is 25.5 Å². The highest BCUT2D eigenvalue weighted by Crippen LogP contribution is 2.46. The summed E-state index contributed by atoms with van der Waals surface area (Å²) in [6.45, 7) is 7.44. The molecule has 0 amide bonds. The summed E-state index contributed by atoms with van der Waals surface area (Å²) in [5.41, 5.74) is 4.00. The second-order valence-electron chi connectivity index (χ2n) is 9.69. The van der Waals surface area contributed by atoms with Gasteiger partial charge in [0.25, 0.3) is 0 Å². The van der Waals surface area contributed by atoms with Crippen LogP contribution in [0.2, 0.25) is 0 Å². The van der Waals surface area contributed by atoms with Crippen LogP contribution in [0.1, 0.15) is 44.0 Å². The van der Waals surface area contributed by atoms with Crippen LogP contribution in [-0.4, -0.2) is 51.4 Å². The van der Waals surface area contributed by atoms with E-state index in [-0.39, 0.29) is 18.6 Å². The van der Waals surface area contributed by atoms with E-state index in [0.29, 0.717) is 5.56 Å². The maximum absolute atomic E-state index is 14.2. The Labute approximate surface area is 205 Å². The zero-order chi connectivity index (χ0) is 25.9. The number of aromatic nitrogens is 1. The van der Waals surface area contributed by atoms with Gasteiger partial charge in [-0.05, 0) is 62.6 Å². The first kappa shape index (κ1) is 26.9. The van der Waals surface area contributed by atoms with Crippen molar-refractivity contribution in [2.45, 2.75) is 51.1 Å². The van der Waals surface area contributed by atoms with Gasteiger partial charge in [0.15, 0.2) is 0 Å². The number of para-hydroxylation sites is 1. The summed E-state index contributed by atoms with van der Waals surface area (Å²) in [6.07, 6.45) is 0.748. The zero-order valence-electron chi connectivity index (χ0n) is 20.5. The van der Waals surface area contributed by atoms with Gasteiger partial charge in [0.2, 0.25) is 0 Å². The number of hydrogen-bond donors (Lipinski definition) is 3. The molecule has 0 spiro atoms. The van der Waals surface area contributed by atoms with Crippen LogP contribution in [0.3, 0.4) is 0 Å². The number of nitrogens with zero attached hydrogens (tertiary/aromatic N) is 1. The second kappa shape index (κ2) is 10.9. The molecule has 1 aromatic heterocycles. The van der Waals surface area contributed by atoms with Gasteiger partial charge in [-0.1, -0.05) is 30.3 Å². The molecule has 0 aliphatic carbocycles. The standard InChI is InChI=1S/C27H33FNO5P/c1-17(2)29-24-8-6-5-7-23(24)27(22-11-9-19(28)13-18(22)16-35(3,4)34)25(29)12-10-20(30)14-21(31)15-26(32)33/h5-13,17,20-21,30-31H,14-16H2,1-4H3,(H,32,33)/b12-10+/t20-,21-/m1/s1. The molecule has 8 heteroatoms. The third-order valence-corrected chi connectivity index (χ3v) is 6.86. The van der Waals surface area contributed by atoms with E-state index in [4.69, 9.17) is 5.11 Å². The predicted octanol–water partition coefficient (Wildman–Crippen LogP) is 5.75. The van der Waals surface area contributed by atoms with E-state index in [1.807, 2.05) is 38.1 Å². The number of aliphatic hydroxyl groups excluding tert-OH is 2. The van der Waals surface area contributed by atoms with Crippen LogP contribution in [0.15, 0.2) is 48.5 Å². The molecule has 3 N–H and O–H groups in total. The van der Waals surface area contributed by atoms with Gasteiger partial charge in [-0.3, -0.25) is 4.79 Å². The number of aliphatic carboxylic acids is 1. The summed E-state index contributed by atoms with van der Waals surface area (Å²) in [6, 6.07) is 12.4. The SMILES string of the molecule is CC(C)n1c(/C=C/[C@@H](O)C[C@@H](O)CC(=O)O)c(-c2ccc(F)cc2CP(C)(C)=O)c2ccccc21. The Bertz CT molecular complexity index is 1290. The first-order valence-electron chi connectivity index (χ1n) is 11.6. The molecular weight excluding hydrogens is 468 g/mol. The fourth-order valence-corrected chi connectivity index (χ4v) is 5.56. The number of hydrogen-bond acceptors (Lipinski definition) is 4. The highest BCUT2D eigenvalue weighted by Gasteiger charge is 2.23. The molecule has 0 saturated carbocycles. The minimum Gasteiger partial charge on any atom is -0.481 e. The molecule has 0 unspecified atom stereocenters. The summed E-state index contributed by atoms with van der Waals surface area (Å²) in [5.74, 6) is -1.53. The molecule has 0 radical (unpaired) electrons. The minimum absolute atomic E-state index is 0.0513. The van der Waals surface area contributed by atoms with Crippen LogP contribution in [0.5, 0.6) is 0 Å². The van der Waals surface area contributed by atoms with Gasteiger partial charge in [-0.15, -0.1) is 0 Å². The van der Waals surface area contributed by atoms with E-state index >= 15 is 0 Å². The number of carboxylic acid groups (broad SMARTS) is 1. The highest BCUT2D eigenvalue weighted by molar-refractivity contribution is 7.61. The maximum Gasteiger partial charge on any atom is 0.305 e. The van der Waals surface area contributed by atoms with Crippen molar-refractivity contribution in [1.82, 2.24) is 4.57 Å². The van der Waals surface area contributed by atoms with Gasteiger partial charge < -0.3 is 24.5 Å². The molecule has 0 saturated heterocycles. The molecule has 0 aliphatic rings. The Morgan fingerprint density at radius 1 is 1.14 bits per heavy atom. The van der Waals surface area contributed by atoms with Gasteiger partial charge in [0.05, 0.1) is 25.8 Å². The molecule has 0 fully saturated rings. The predicted molar refractivity (Wildman–Crippen MR) is 139 cm³/mol. The van der Waals surface area contributed by atoms with Crippen LogP contribution >= 0.6 is 7.14 Å². The Kier molecular flexibility index (Phi) is 8.37. The van der Waals surface area contributed by atoms with Crippen molar-refractivity contribution >= 4 is 30.1 Å². The van der Waals surface area contributed by atoms with Crippen LogP contribution in [0.4, 0.5) is 4.39 Å². The summed E-state index contributed by atoms with van der Waals surface area (Å²) >= 11 is 0. The van der Waals surface area contributed by atoms with E-state index < -0.39 is 37.6 Å². The van der Waals surface area contributed by atoms with Crippen molar-refractivity contribution in [3.63, 3.8) is 0 Å². The van der Waals surface area contributed by atoms with Gasteiger partial charge >= 0.3 is 5.97 Å². The lowest BCUT2D eigenvalue weighted by Crippen LogP contribution is -2.19. The number of halogens is 1. The molecule has 2 atom stereocenters. The summed E-state index contributed by atoms with van der Waals surface area (Å²) < 4.78 is 29.1. The third kappa shape index (κ3) is 6.69. The number of carbonyl (C=O) groups is 1. The number of aliphatic hydroxyl groups is 2. The van der Waals surface area contributed by atoms with Gasteiger partial charge in [-0.25, -0.2) is 4.39 Å². The average molecular weight is 502 g/mol. The van der Waals surface area contributed by atoms with Gasteiger partial charge in [-0.2, -0.15) is 0 Å². The molecule has 0 bridgehead atoms. The Hall–Kier alpha value is -2.73. The topological polar surface area (TPSA) is 99.8 Å². The highest BCUT2D eigenvalue weighted by atomic mass is 31.2. The van der Waals surface area contributed by atoms with Crippen molar-refractivity contribution in [1.29, 1.82) is 0 Å². The smallest absolute Gasteiger partial charge is 0.305 e. The van der Waals surface area contributed by atoms with Crippen molar-refractivity contribution in [3.05, 3.63) is 65.6 Å². The number of fused-ring (bicyclic) bond motifs is 1. The minimum atomic E-state index is -2.51. The Morgan fingerprint density at radius 2 is 1.83 bits per heavy atom. The average Bonchev–Trinajstić information content (AvgIpc) is 3.05. The van der Waals surface area contributed by atoms with Crippen molar-refractivity contribution < 1.29 is 29.1 Å². The van der Waals surface area contributed by atoms with Crippen molar-refractivity contribution in [3.8, 4) is 11.1 Å². The van der Waals surface area contributed by atoms with Crippen LogP contribution < -0.4 is 0 Å². The third-order valence-electron chi connectivity index (χ3n) is 5.75. The lowest BCUT2D eigenvalue weighted by Gasteiger charge is -2.17. The van der Waals surface area contributed by atoms with Gasteiger partial charge in [0, 0.05) is 40.8 Å². The molecule has 188 valence electrons. The number of benzene rings is 2. The summed E-state index contributed by atoms with van der Waals surface area (Å²) in [5, 5.41) is 30.2. The lowest BCUT2D eigenvalue weighted by atomic mass is 9.96. The first-order chi connectivity index (χ1) is 16.4. The molecule has 0 aliphatic heterocycles. The second-order valence-corrected chi connectivity index (χ2v) is 13.2. The molecule has 3 aromatic rings. The largest absolute Gasteiger partial charge is 0.481 e. The fraction of sp³-hybridized carbons (Fsp3) is 0.370. The zero-order valence-corrected chi connectivity index (χ0v) is 21.4. The maximum atomic E-state index is 14.2. The summed E-state index contributed by atoms with van der Waals surface area (Å²) in [4.78, 5) is 10.8. The van der Waals surface area contributed by atoms with Crippen molar-refractivity contribution in [2.24, 2.45) is 0 Å². The molecule has 3 rings (SSSR count). The van der Waals surface area contributed by atoms with E-state index in [1.165, 1.54) is 18.2 Å². The number of rotatable bonds is 10. The molecule has 2 aromatic carbocycles.